The van der Waals surface area contributed by atoms with Gasteiger partial charge in [-0.1, -0.05) is 11.6 Å². The lowest BCUT2D eigenvalue weighted by Gasteiger charge is -2.33. The number of carboxylic acid groups (broad SMARTS) is 1. The SMILES string of the molecule is CC(NC(=O)C1CCN(c2ncc(C(F)(F)F)cc2Cl)CC1)C(=O)O. The quantitative estimate of drug-likeness (QED) is 0.840. The van der Waals surface area contributed by atoms with Crippen LogP contribution in [0.3, 0.4) is 0 Å². The molecular weight excluding hydrogens is 363 g/mol. The topological polar surface area (TPSA) is 82.5 Å². The first-order chi connectivity index (χ1) is 11.6. The molecule has 1 aromatic heterocycles. The van der Waals surface area contributed by atoms with E-state index in [0.717, 1.165) is 12.3 Å². The van der Waals surface area contributed by atoms with Crippen molar-refractivity contribution in [3.63, 3.8) is 0 Å². The summed E-state index contributed by atoms with van der Waals surface area (Å²) in [4.78, 5) is 28.3. The summed E-state index contributed by atoms with van der Waals surface area (Å²) in [5.41, 5.74) is -0.918. The molecule has 1 aliphatic heterocycles. The van der Waals surface area contributed by atoms with E-state index in [1.807, 2.05) is 0 Å². The molecule has 6 nitrogen and oxygen atoms in total. The third-order valence-corrected chi connectivity index (χ3v) is 4.32. The van der Waals surface area contributed by atoms with Gasteiger partial charge in [-0.15, -0.1) is 0 Å². The van der Waals surface area contributed by atoms with Crippen LogP contribution >= 0.6 is 11.6 Å². The summed E-state index contributed by atoms with van der Waals surface area (Å²) in [6.45, 7) is 2.15. The van der Waals surface area contributed by atoms with Crippen molar-refractivity contribution in [1.82, 2.24) is 10.3 Å². The Labute approximate surface area is 147 Å². The fraction of sp³-hybridized carbons (Fsp3) is 0.533. The van der Waals surface area contributed by atoms with E-state index in [4.69, 9.17) is 16.7 Å². The van der Waals surface area contributed by atoms with Crippen molar-refractivity contribution in [2.24, 2.45) is 5.92 Å². The molecule has 25 heavy (non-hydrogen) atoms. The van der Waals surface area contributed by atoms with Gasteiger partial charge in [0, 0.05) is 25.2 Å². The second kappa shape index (κ2) is 7.47. The fourth-order valence-corrected chi connectivity index (χ4v) is 2.85. The zero-order valence-electron chi connectivity index (χ0n) is 13.3. The largest absolute Gasteiger partial charge is 0.480 e. The van der Waals surface area contributed by atoms with Crippen molar-refractivity contribution in [3.8, 4) is 0 Å². The Bertz CT molecular complexity index is 661. The molecule has 10 heteroatoms. The minimum atomic E-state index is -4.51. The molecule has 2 N–H and O–H groups in total. The second-order valence-corrected chi connectivity index (χ2v) is 6.26. The van der Waals surface area contributed by atoms with Crippen molar-refractivity contribution < 1.29 is 27.9 Å². The van der Waals surface area contributed by atoms with E-state index in [1.165, 1.54) is 6.92 Å². The number of amides is 1. The molecule has 0 aliphatic carbocycles. The normalized spacial score (nSPS) is 17.2. The molecule has 2 heterocycles. The maximum atomic E-state index is 12.6. The number of halogens is 4. The van der Waals surface area contributed by atoms with Crippen molar-refractivity contribution in [3.05, 3.63) is 22.8 Å². The van der Waals surface area contributed by atoms with Gasteiger partial charge >= 0.3 is 12.1 Å². The fourth-order valence-electron chi connectivity index (χ4n) is 2.56. The van der Waals surface area contributed by atoms with Crippen molar-refractivity contribution in [2.45, 2.75) is 32.0 Å². The van der Waals surface area contributed by atoms with Crippen LogP contribution in [0.25, 0.3) is 0 Å². The van der Waals surface area contributed by atoms with Crippen LogP contribution in [0.5, 0.6) is 0 Å². The minimum absolute atomic E-state index is 0.0998. The third-order valence-electron chi connectivity index (χ3n) is 4.04. The zero-order chi connectivity index (χ0) is 18.8. The molecular formula is C15H17ClF3N3O3. The van der Waals surface area contributed by atoms with E-state index in [0.29, 0.717) is 25.9 Å². The zero-order valence-corrected chi connectivity index (χ0v) is 14.1. The van der Waals surface area contributed by atoms with Crippen LogP contribution in [0.4, 0.5) is 19.0 Å². The number of piperidine rings is 1. The number of pyridine rings is 1. The number of nitrogens with one attached hydrogen (secondary N) is 1. The van der Waals surface area contributed by atoms with E-state index in [9.17, 15) is 22.8 Å². The van der Waals surface area contributed by atoms with Gasteiger partial charge in [0.25, 0.3) is 0 Å². The van der Waals surface area contributed by atoms with Crippen LogP contribution in [0, 0.1) is 5.92 Å². The molecule has 2 rings (SSSR count). The van der Waals surface area contributed by atoms with Gasteiger partial charge in [0.05, 0.1) is 10.6 Å². The first kappa shape index (κ1) is 19.3. The van der Waals surface area contributed by atoms with E-state index in [2.05, 4.69) is 10.3 Å². The Hall–Kier alpha value is -2.03. The molecule has 1 saturated heterocycles. The van der Waals surface area contributed by atoms with Crippen LogP contribution in [0.2, 0.25) is 5.02 Å². The number of rotatable bonds is 4. The van der Waals surface area contributed by atoms with E-state index >= 15 is 0 Å². The summed E-state index contributed by atoms with van der Waals surface area (Å²) >= 11 is 5.92. The van der Waals surface area contributed by atoms with E-state index < -0.39 is 23.8 Å². The number of carbonyl (C=O) groups is 2. The van der Waals surface area contributed by atoms with Gasteiger partial charge in [0.2, 0.25) is 5.91 Å². The maximum Gasteiger partial charge on any atom is 0.417 e. The molecule has 0 spiro atoms. The van der Waals surface area contributed by atoms with Crippen LogP contribution < -0.4 is 10.2 Å². The van der Waals surface area contributed by atoms with Crippen molar-refractivity contribution in [1.29, 1.82) is 0 Å². The predicted molar refractivity (Wildman–Crippen MR) is 84.4 cm³/mol. The number of alkyl halides is 3. The maximum absolute atomic E-state index is 12.6. The second-order valence-electron chi connectivity index (χ2n) is 5.86. The molecule has 1 amide bonds. The molecule has 1 atom stereocenters. The average Bonchev–Trinajstić information content (AvgIpc) is 2.54. The smallest absolute Gasteiger partial charge is 0.417 e. The summed E-state index contributed by atoms with van der Waals surface area (Å²) in [7, 11) is 0. The molecule has 0 saturated carbocycles. The summed E-state index contributed by atoms with van der Waals surface area (Å²) in [5.74, 6) is -1.58. The molecule has 1 aromatic rings. The number of anilines is 1. The highest BCUT2D eigenvalue weighted by Gasteiger charge is 2.33. The van der Waals surface area contributed by atoms with Gasteiger partial charge in [-0.05, 0) is 25.8 Å². The highest BCUT2D eigenvalue weighted by Crippen LogP contribution is 2.34. The highest BCUT2D eigenvalue weighted by molar-refractivity contribution is 6.33. The number of hydrogen-bond acceptors (Lipinski definition) is 4. The number of nitrogens with zero attached hydrogens (tertiary/aromatic N) is 2. The highest BCUT2D eigenvalue weighted by atomic mass is 35.5. The number of carboxylic acids is 1. The standard InChI is InChI=1S/C15H17ClF3N3O3/c1-8(14(24)25)21-13(23)9-2-4-22(5-3-9)12-11(16)6-10(7-20-12)15(17,18)19/h6-9H,2-5H2,1H3,(H,21,23)(H,24,25). The summed E-state index contributed by atoms with van der Waals surface area (Å²) in [5, 5.41) is 11.1. The Morgan fingerprint density at radius 3 is 2.48 bits per heavy atom. The molecule has 1 fully saturated rings. The summed E-state index contributed by atoms with van der Waals surface area (Å²) in [6, 6.07) is -0.145. The van der Waals surface area contributed by atoms with Crippen LogP contribution in [-0.2, 0) is 15.8 Å². The Morgan fingerprint density at radius 1 is 1.40 bits per heavy atom. The van der Waals surface area contributed by atoms with Gasteiger partial charge in [0.15, 0.2) is 0 Å². The minimum Gasteiger partial charge on any atom is -0.480 e. The number of hydrogen-bond donors (Lipinski definition) is 2. The first-order valence-electron chi connectivity index (χ1n) is 7.60. The lowest BCUT2D eigenvalue weighted by Crippen LogP contribution is -2.45. The predicted octanol–water partition coefficient (Wildman–Crippen LogP) is 2.56. The molecule has 0 bridgehead atoms. The van der Waals surface area contributed by atoms with E-state index in [-0.39, 0.29) is 22.7 Å². The number of carbonyl (C=O) groups excluding carboxylic acids is 1. The average molecular weight is 380 g/mol. The van der Waals surface area contributed by atoms with Gasteiger partial charge in [0.1, 0.15) is 11.9 Å². The monoisotopic (exact) mass is 379 g/mol. The van der Waals surface area contributed by atoms with Crippen LogP contribution in [0.15, 0.2) is 12.3 Å². The van der Waals surface area contributed by atoms with Gasteiger partial charge < -0.3 is 15.3 Å². The third kappa shape index (κ3) is 4.75. The number of aromatic nitrogens is 1. The van der Waals surface area contributed by atoms with Crippen molar-refractivity contribution >= 4 is 29.3 Å². The lowest BCUT2D eigenvalue weighted by atomic mass is 9.95. The Balaban J connectivity index is 1.98. The first-order valence-corrected chi connectivity index (χ1v) is 7.98. The lowest BCUT2D eigenvalue weighted by molar-refractivity contribution is -0.142. The molecule has 1 unspecified atom stereocenters. The summed E-state index contributed by atoms with van der Waals surface area (Å²) in [6.07, 6.45) is -2.93. The van der Waals surface area contributed by atoms with Crippen LogP contribution in [0.1, 0.15) is 25.3 Å². The van der Waals surface area contributed by atoms with E-state index in [1.54, 1.807) is 4.90 Å². The Morgan fingerprint density at radius 2 is 2.00 bits per heavy atom. The summed E-state index contributed by atoms with van der Waals surface area (Å²) < 4.78 is 37.9. The van der Waals surface area contributed by atoms with Gasteiger partial charge in [-0.2, -0.15) is 13.2 Å². The van der Waals surface area contributed by atoms with Crippen molar-refractivity contribution in [2.75, 3.05) is 18.0 Å². The molecule has 0 aromatic carbocycles. The Kier molecular flexibility index (Phi) is 5.76. The number of aliphatic carboxylic acids is 1. The molecule has 138 valence electrons. The van der Waals surface area contributed by atoms with Gasteiger partial charge in [-0.3, -0.25) is 9.59 Å². The molecule has 1 aliphatic rings. The molecule has 0 radical (unpaired) electrons. The van der Waals surface area contributed by atoms with Crippen LogP contribution in [-0.4, -0.2) is 41.1 Å². The van der Waals surface area contributed by atoms with Gasteiger partial charge in [-0.25, -0.2) is 4.98 Å².